The van der Waals surface area contributed by atoms with Gasteiger partial charge in [0.25, 0.3) is 5.78 Å². The Morgan fingerprint density at radius 1 is 1.25 bits per heavy atom. The van der Waals surface area contributed by atoms with Crippen LogP contribution in [-0.2, 0) is 6.54 Å². The number of nitrogens with zero attached hydrogens (tertiary/aromatic N) is 7. The molecule has 1 aliphatic rings. The van der Waals surface area contributed by atoms with Crippen LogP contribution >= 0.6 is 0 Å². The van der Waals surface area contributed by atoms with Crippen LogP contribution in [0.3, 0.4) is 0 Å². The molecule has 0 atom stereocenters. The monoisotopic (exact) mass is 325 g/mol. The van der Waals surface area contributed by atoms with Gasteiger partial charge < -0.3 is 9.47 Å². The third-order valence-electron chi connectivity index (χ3n) is 4.89. The maximum atomic E-state index is 4.43. The van der Waals surface area contributed by atoms with Gasteiger partial charge in [-0.2, -0.15) is 14.6 Å². The molecule has 126 valence electrons. The van der Waals surface area contributed by atoms with E-state index in [1.807, 2.05) is 30.2 Å². The van der Waals surface area contributed by atoms with Gasteiger partial charge in [-0.05, 0) is 38.5 Å². The van der Waals surface area contributed by atoms with E-state index in [0.717, 1.165) is 37.1 Å². The van der Waals surface area contributed by atoms with Gasteiger partial charge >= 0.3 is 0 Å². The Bertz CT molecular complexity index is 784. The number of anilines is 1. The molecule has 0 radical (unpaired) electrons. The summed E-state index contributed by atoms with van der Waals surface area (Å²) in [7, 11) is 0. The second-order valence-electron chi connectivity index (χ2n) is 6.60. The van der Waals surface area contributed by atoms with Gasteiger partial charge in [0.15, 0.2) is 0 Å². The number of aryl methyl sites for hydroxylation is 2. The van der Waals surface area contributed by atoms with Crippen molar-refractivity contribution in [1.82, 2.24) is 29.1 Å². The van der Waals surface area contributed by atoms with Gasteiger partial charge in [0, 0.05) is 43.8 Å². The molecular formula is C17H23N7. The number of aromatic nitrogens is 6. The molecule has 0 saturated carbocycles. The van der Waals surface area contributed by atoms with E-state index >= 15 is 0 Å². The maximum absolute atomic E-state index is 4.43. The maximum Gasteiger partial charge on any atom is 0.254 e. The normalized spacial score (nSPS) is 16.1. The molecule has 0 aromatic carbocycles. The van der Waals surface area contributed by atoms with Crippen LogP contribution in [0, 0.1) is 12.8 Å². The predicted octanol–water partition coefficient (Wildman–Crippen LogP) is 2.33. The second kappa shape index (κ2) is 6.59. The Morgan fingerprint density at radius 2 is 2.12 bits per heavy atom. The van der Waals surface area contributed by atoms with Gasteiger partial charge in [0.05, 0.1) is 6.33 Å². The topological polar surface area (TPSA) is 64.1 Å². The summed E-state index contributed by atoms with van der Waals surface area (Å²) < 4.78 is 4.02. The van der Waals surface area contributed by atoms with Crippen molar-refractivity contribution in [2.45, 2.75) is 39.2 Å². The first kappa shape index (κ1) is 15.1. The number of hydrogen-bond donors (Lipinski definition) is 0. The SMILES string of the molecule is Cc1cc(N2CCC(CCCn3ccnc3)CC2)n2ncnc2n1. The van der Waals surface area contributed by atoms with Crippen molar-refractivity contribution in [3.63, 3.8) is 0 Å². The van der Waals surface area contributed by atoms with Gasteiger partial charge in [0.2, 0.25) is 0 Å². The first-order chi connectivity index (χ1) is 11.8. The summed E-state index contributed by atoms with van der Waals surface area (Å²) in [5.41, 5.74) is 0.993. The van der Waals surface area contributed by atoms with Gasteiger partial charge in [-0.25, -0.2) is 9.97 Å². The van der Waals surface area contributed by atoms with Gasteiger partial charge in [-0.1, -0.05) is 0 Å². The quantitative estimate of drug-likeness (QED) is 0.720. The number of hydrogen-bond acceptors (Lipinski definition) is 5. The second-order valence-corrected chi connectivity index (χ2v) is 6.60. The fourth-order valence-electron chi connectivity index (χ4n) is 3.57. The first-order valence-corrected chi connectivity index (χ1v) is 8.67. The van der Waals surface area contributed by atoms with Crippen molar-refractivity contribution in [1.29, 1.82) is 0 Å². The van der Waals surface area contributed by atoms with E-state index in [4.69, 9.17) is 0 Å². The van der Waals surface area contributed by atoms with E-state index in [2.05, 4.69) is 35.6 Å². The summed E-state index contributed by atoms with van der Waals surface area (Å²) in [5, 5.41) is 4.32. The first-order valence-electron chi connectivity index (χ1n) is 8.67. The smallest absolute Gasteiger partial charge is 0.254 e. The van der Waals surface area contributed by atoms with Gasteiger partial charge in [0.1, 0.15) is 12.1 Å². The lowest BCUT2D eigenvalue weighted by molar-refractivity contribution is 0.362. The summed E-state index contributed by atoms with van der Waals surface area (Å²) in [6.45, 7) is 5.24. The van der Waals surface area contributed by atoms with Crippen molar-refractivity contribution in [2.75, 3.05) is 18.0 Å². The molecule has 3 aromatic rings. The fraction of sp³-hybridized carbons (Fsp3) is 0.529. The lowest BCUT2D eigenvalue weighted by atomic mass is 9.92. The Kier molecular flexibility index (Phi) is 4.15. The van der Waals surface area contributed by atoms with Crippen LogP contribution in [0.25, 0.3) is 5.78 Å². The zero-order valence-corrected chi connectivity index (χ0v) is 14.0. The zero-order valence-electron chi connectivity index (χ0n) is 14.0. The van der Waals surface area contributed by atoms with Crippen LogP contribution in [-0.4, -0.2) is 42.2 Å². The van der Waals surface area contributed by atoms with Gasteiger partial charge in [-0.3, -0.25) is 0 Å². The minimum atomic E-state index is 0.687. The molecule has 0 spiro atoms. The van der Waals surface area contributed by atoms with Gasteiger partial charge in [-0.15, -0.1) is 0 Å². The Morgan fingerprint density at radius 3 is 2.92 bits per heavy atom. The van der Waals surface area contributed by atoms with Crippen molar-refractivity contribution < 1.29 is 0 Å². The third kappa shape index (κ3) is 3.11. The van der Waals surface area contributed by atoms with Crippen molar-refractivity contribution in [2.24, 2.45) is 5.92 Å². The molecule has 1 aliphatic heterocycles. The summed E-state index contributed by atoms with van der Waals surface area (Å²) in [5.74, 6) is 2.62. The summed E-state index contributed by atoms with van der Waals surface area (Å²) in [6, 6.07) is 2.11. The summed E-state index contributed by atoms with van der Waals surface area (Å²) in [6.07, 6.45) is 12.4. The fourth-order valence-corrected chi connectivity index (χ4v) is 3.57. The van der Waals surface area contributed by atoms with E-state index in [0.29, 0.717) is 5.78 Å². The Balaban J connectivity index is 1.34. The van der Waals surface area contributed by atoms with Crippen molar-refractivity contribution in [3.05, 3.63) is 36.8 Å². The Hall–Kier alpha value is -2.44. The van der Waals surface area contributed by atoms with Crippen molar-refractivity contribution >= 4 is 11.6 Å². The standard InChI is InChI=1S/C17H23N7/c1-14-11-16(24-17(21-14)19-12-20-24)23-8-4-15(5-9-23)3-2-7-22-10-6-18-13-22/h6,10-13,15H,2-5,7-9H2,1H3. The minimum Gasteiger partial charge on any atom is -0.356 e. The van der Waals surface area contributed by atoms with E-state index in [-0.39, 0.29) is 0 Å². The lowest BCUT2D eigenvalue weighted by Crippen LogP contribution is -2.35. The van der Waals surface area contributed by atoms with Crippen LogP contribution in [0.1, 0.15) is 31.4 Å². The molecule has 4 heterocycles. The van der Waals surface area contributed by atoms with Crippen LogP contribution < -0.4 is 4.90 Å². The molecule has 4 rings (SSSR count). The van der Waals surface area contributed by atoms with Crippen LogP contribution in [0.5, 0.6) is 0 Å². The zero-order chi connectivity index (χ0) is 16.4. The highest BCUT2D eigenvalue weighted by Crippen LogP contribution is 2.26. The molecular weight excluding hydrogens is 302 g/mol. The largest absolute Gasteiger partial charge is 0.356 e. The summed E-state index contributed by atoms with van der Waals surface area (Å²) >= 11 is 0. The number of imidazole rings is 1. The van der Waals surface area contributed by atoms with Crippen LogP contribution in [0.15, 0.2) is 31.1 Å². The molecule has 0 aliphatic carbocycles. The molecule has 1 saturated heterocycles. The highest BCUT2D eigenvalue weighted by Gasteiger charge is 2.21. The molecule has 0 bridgehead atoms. The molecule has 0 unspecified atom stereocenters. The highest BCUT2D eigenvalue weighted by molar-refractivity contribution is 5.47. The lowest BCUT2D eigenvalue weighted by Gasteiger charge is -2.33. The van der Waals surface area contributed by atoms with Crippen molar-refractivity contribution in [3.8, 4) is 0 Å². The predicted molar refractivity (Wildman–Crippen MR) is 91.9 cm³/mol. The summed E-state index contributed by atoms with van der Waals surface area (Å²) in [4.78, 5) is 15.2. The van der Waals surface area contributed by atoms with Crippen LogP contribution in [0.2, 0.25) is 0 Å². The number of piperidine rings is 1. The van der Waals surface area contributed by atoms with E-state index in [1.165, 1.54) is 25.7 Å². The molecule has 7 nitrogen and oxygen atoms in total. The van der Waals surface area contributed by atoms with E-state index in [1.54, 1.807) is 6.33 Å². The molecule has 3 aromatic heterocycles. The number of fused-ring (bicyclic) bond motifs is 1. The average Bonchev–Trinajstić information content (AvgIpc) is 3.26. The average molecular weight is 325 g/mol. The number of rotatable bonds is 5. The molecule has 0 amide bonds. The molecule has 0 N–H and O–H groups in total. The highest BCUT2D eigenvalue weighted by atomic mass is 15.4. The minimum absolute atomic E-state index is 0.687. The van der Waals surface area contributed by atoms with E-state index in [9.17, 15) is 0 Å². The molecule has 1 fully saturated rings. The third-order valence-corrected chi connectivity index (χ3v) is 4.89. The molecule has 24 heavy (non-hydrogen) atoms. The Labute approximate surface area is 141 Å². The van der Waals surface area contributed by atoms with Crippen LogP contribution in [0.4, 0.5) is 5.82 Å². The molecule has 7 heteroatoms. The van der Waals surface area contributed by atoms with E-state index < -0.39 is 0 Å².